The van der Waals surface area contributed by atoms with E-state index in [2.05, 4.69) is 79.9 Å². The normalized spacial score (nSPS) is 13.6. The Morgan fingerprint density at radius 1 is 0.535 bits per heavy atom. The van der Waals surface area contributed by atoms with Gasteiger partial charge in [0.1, 0.15) is 0 Å². The molecule has 43 heavy (non-hydrogen) atoms. The standard InChI is InChI=1S/C27H52.C16H32/c1-5-8-9-10-11-12-13-14-15-16-17-18-19-20-21-23-26(4)24-25-27(7-3)22-6-2;1-6-10-16(9-4)12-11-14(5)13-15(7-2)8-3/h11-12,27H,4-10,13-25H2,1-3H3;9,14-16H,4,6-8,10-13H2,1-3,5H3/b12-11-;. The van der Waals surface area contributed by atoms with Crippen molar-refractivity contribution in [3.8, 4) is 0 Å². The average molecular weight is 601 g/mol. The minimum Gasteiger partial charge on any atom is -0.103 e. The van der Waals surface area contributed by atoms with Crippen LogP contribution in [-0.4, -0.2) is 0 Å². The average Bonchev–Trinajstić information content (AvgIpc) is 3.02. The second kappa shape index (κ2) is 35.7. The van der Waals surface area contributed by atoms with Crippen molar-refractivity contribution in [1.82, 2.24) is 0 Å². The summed E-state index contributed by atoms with van der Waals surface area (Å²) in [5.41, 5.74) is 1.51. The molecule has 0 N–H and O–H groups in total. The van der Waals surface area contributed by atoms with Gasteiger partial charge in [0, 0.05) is 0 Å². The highest BCUT2D eigenvalue weighted by molar-refractivity contribution is 4.94. The van der Waals surface area contributed by atoms with Crippen LogP contribution in [0.5, 0.6) is 0 Å². The Balaban J connectivity index is 0. The zero-order valence-corrected chi connectivity index (χ0v) is 31.3. The topological polar surface area (TPSA) is 0 Å². The van der Waals surface area contributed by atoms with E-state index in [4.69, 9.17) is 0 Å². The Morgan fingerprint density at radius 3 is 1.58 bits per heavy atom. The first-order valence-electron chi connectivity index (χ1n) is 19.9. The first-order chi connectivity index (χ1) is 20.9. The Morgan fingerprint density at radius 2 is 1.07 bits per heavy atom. The van der Waals surface area contributed by atoms with Gasteiger partial charge in [0.2, 0.25) is 0 Å². The van der Waals surface area contributed by atoms with Crippen LogP contribution in [0.4, 0.5) is 0 Å². The van der Waals surface area contributed by atoms with Crippen LogP contribution < -0.4 is 0 Å². The molecule has 3 atom stereocenters. The highest BCUT2D eigenvalue weighted by Gasteiger charge is 2.12. The molecule has 0 aromatic carbocycles. The summed E-state index contributed by atoms with van der Waals surface area (Å²) in [5.74, 6) is 3.53. The van der Waals surface area contributed by atoms with Crippen LogP contribution in [0.2, 0.25) is 0 Å². The Labute approximate surface area is 275 Å². The third kappa shape index (κ3) is 32.4. The molecule has 0 saturated carbocycles. The maximum absolute atomic E-state index is 4.32. The molecule has 0 radical (unpaired) electrons. The van der Waals surface area contributed by atoms with Crippen LogP contribution in [0, 0.1) is 23.7 Å². The lowest BCUT2D eigenvalue weighted by molar-refractivity contribution is 0.336. The summed E-state index contributed by atoms with van der Waals surface area (Å²) in [6.07, 6.45) is 42.4. The lowest BCUT2D eigenvalue weighted by Gasteiger charge is -2.20. The third-order valence-corrected chi connectivity index (χ3v) is 9.89. The summed E-state index contributed by atoms with van der Waals surface area (Å²) < 4.78 is 0. The van der Waals surface area contributed by atoms with E-state index < -0.39 is 0 Å². The molecule has 0 heteroatoms. The van der Waals surface area contributed by atoms with Crippen LogP contribution in [0.15, 0.2) is 37.0 Å². The fraction of sp³-hybridized carbons (Fsp3) is 0.860. The van der Waals surface area contributed by atoms with Gasteiger partial charge in [0.15, 0.2) is 0 Å². The van der Waals surface area contributed by atoms with Crippen molar-refractivity contribution in [2.45, 2.75) is 215 Å². The molecule has 0 aromatic heterocycles. The Bertz CT molecular complexity index is 579. The van der Waals surface area contributed by atoms with E-state index in [0.29, 0.717) is 0 Å². The van der Waals surface area contributed by atoms with E-state index in [1.165, 1.54) is 173 Å². The van der Waals surface area contributed by atoms with Crippen molar-refractivity contribution in [3.63, 3.8) is 0 Å². The van der Waals surface area contributed by atoms with Gasteiger partial charge in [-0.15, -0.1) is 6.58 Å². The monoisotopic (exact) mass is 601 g/mol. The number of hydrogen-bond acceptors (Lipinski definition) is 0. The lowest BCUT2D eigenvalue weighted by atomic mass is 9.86. The summed E-state index contributed by atoms with van der Waals surface area (Å²) in [6.45, 7) is 24.5. The molecule has 0 saturated heterocycles. The largest absolute Gasteiger partial charge is 0.103 e. The van der Waals surface area contributed by atoms with E-state index in [-0.39, 0.29) is 0 Å². The van der Waals surface area contributed by atoms with Crippen LogP contribution in [0.3, 0.4) is 0 Å². The molecule has 0 rings (SSSR count). The van der Waals surface area contributed by atoms with E-state index in [0.717, 1.165) is 23.7 Å². The Hall–Kier alpha value is -0.780. The van der Waals surface area contributed by atoms with Crippen LogP contribution in [0.1, 0.15) is 215 Å². The molecule has 0 aliphatic heterocycles. The van der Waals surface area contributed by atoms with Gasteiger partial charge in [-0.2, -0.15) is 0 Å². The quantitative estimate of drug-likeness (QED) is 0.0548. The van der Waals surface area contributed by atoms with Gasteiger partial charge in [-0.3, -0.25) is 0 Å². The van der Waals surface area contributed by atoms with Crippen molar-refractivity contribution >= 4 is 0 Å². The predicted octanol–water partition coefficient (Wildman–Crippen LogP) is 16.0. The molecule has 0 aliphatic carbocycles. The molecular weight excluding hydrogens is 516 g/mol. The van der Waals surface area contributed by atoms with Crippen LogP contribution in [-0.2, 0) is 0 Å². The van der Waals surface area contributed by atoms with Crippen molar-refractivity contribution in [2.24, 2.45) is 23.7 Å². The molecule has 256 valence electrons. The number of hydrogen-bond donors (Lipinski definition) is 0. The number of rotatable bonds is 31. The van der Waals surface area contributed by atoms with Crippen molar-refractivity contribution < 1.29 is 0 Å². The highest BCUT2D eigenvalue weighted by Crippen LogP contribution is 2.25. The maximum Gasteiger partial charge on any atom is -0.0236 e. The first kappa shape index (κ1) is 44.3. The summed E-state index contributed by atoms with van der Waals surface area (Å²) >= 11 is 0. The van der Waals surface area contributed by atoms with Crippen LogP contribution in [0.25, 0.3) is 0 Å². The van der Waals surface area contributed by atoms with E-state index >= 15 is 0 Å². The van der Waals surface area contributed by atoms with Crippen molar-refractivity contribution in [2.75, 3.05) is 0 Å². The number of allylic oxidation sites excluding steroid dienone is 4. The second-order valence-electron chi connectivity index (χ2n) is 14.1. The predicted molar refractivity (Wildman–Crippen MR) is 202 cm³/mol. The molecule has 0 heterocycles. The van der Waals surface area contributed by atoms with Crippen LogP contribution >= 0.6 is 0 Å². The van der Waals surface area contributed by atoms with Gasteiger partial charge >= 0.3 is 0 Å². The molecule has 0 amide bonds. The zero-order valence-electron chi connectivity index (χ0n) is 31.3. The molecule has 0 aromatic rings. The van der Waals surface area contributed by atoms with Crippen molar-refractivity contribution in [1.29, 1.82) is 0 Å². The van der Waals surface area contributed by atoms with Gasteiger partial charge in [-0.25, -0.2) is 0 Å². The highest BCUT2D eigenvalue weighted by atomic mass is 14.2. The minimum atomic E-state index is 0.758. The SMILES string of the molecule is C=C(CCCCCCCCCC/C=C\CCCCC)CCC(CC)CCC.C=CC(CCC)CCC(C)CC(CC)CC. The maximum atomic E-state index is 4.32. The molecule has 0 fully saturated rings. The van der Waals surface area contributed by atoms with Gasteiger partial charge < -0.3 is 0 Å². The number of unbranched alkanes of at least 4 members (excludes halogenated alkanes) is 11. The summed E-state index contributed by atoms with van der Waals surface area (Å²) in [6, 6.07) is 0. The van der Waals surface area contributed by atoms with E-state index in [1.807, 2.05) is 0 Å². The molecule has 0 spiro atoms. The summed E-state index contributed by atoms with van der Waals surface area (Å²) in [5, 5.41) is 0. The van der Waals surface area contributed by atoms with Gasteiger partial charge in [-0.1, -0.05) is 175 Å². The fourth-order valence-electron chi connectivity index (χ4n) is 6.50. The fourth-order valence-corrected chi connectivity index (χ4v) is 6.50. The van der Waals surface area contributed by atoms with Gasteiger partial charge in [0.25, 0.3) is 0 Å². The summed E-state index contributed by atoms with van der Waals surface area (Å²) in [7, 11) is 0. The molecule has 0 bridgehead atoms. The minimum absolute atomic E-state index is 0.758. The van der Waals surface area contributed by atoms with Gasteiger partial charge in [0.05, 0.1) is 0 Å². The van der Waals surface area contributed by atoms with E-state index in [9.17, 15) is 0 Å². The summed E-state index contributed by atoms with van der Waals surface area (Å²) in [4.78, 5) is 0. The lowest BCUT2D eigenvalue weighted by Crippen LogP contribution is -2.07. The third-order valence-electron chi connectivity index (χ3n) is 9.89. The smallest absolute Gasteiger partial charge is 0.0236 e. The Kier molecular flexibility index (Phi) is 36.8. The van der Waals surface area contributed by atoms with Crippen molar-refractivity contribution in [3.05, 3.63) is 37.0 Å². The van der Waals surface area contributed by atoms with Gasteiger partial charge in [-0.05, 0) is 94.3 Å². The zero-order chi connectivity index (χ0) is 32.4. The van der Waals surface area contributed by atoms with E-state index in [1.54, 1.807) is 0 Å². The first-order valence-corrected chi connectivity index (χ1v) is 19.9. The molecule has 0 nitrogen and oxygen atoms in total. The second-order valence-corrected chi connectivity index (χ2v) is 14.1. The molecule has 3 unspecified atom stereocenters. The molecule has 0 aliphatic rings. The molecular formula is C43H84.